The highest BCUT2D eigenvalue weighted by Gasteiger charge is 2.23. The van der Waals surface area contributed by atoms with Crippen LogP contribution in [0.4, 0.5) is 0 Å². The van der Waals surface area contributed by atoms with Crippen LogP contribution in [0.5, 0.6) is 0 Å². The Morgan fingerprint density at radius 1 is 1.21 bits per heavy atom. The van der Waals surface area contributed by atoms with Crippen LogP contribution in [0.1, 0.15) is 41.3 Å². The van der Waals surface area contributed by atoms with E-state index in [-0.39, 0.29) is 0 Å². The van der Waals surface area contributed by atoms with Crippen LogP contribution in [0.15, 0.2) is 30.6 Å². The zero-order chi connectivity index (χ0) is 16.5. The molecule has 0 saturated carbocycles. The summed E-state index contributed by atoms with van der Waals surface area (Å²) in [6.45, 7) is 2.15. The quantitative estimate of drug-likeness (QED) is 0.717. The van der Waals surface area contributed by atoms with Gasteiger partial charge in [0.05, 0.1) is 5.56 Å². The van der Waals surface area contributed by atoms with Crippen molar-refractivity contribution in [3.05, 3.63) is 52.2 Å². The van der Waals surface area contributed by atoms with Gasteiger partial charge < -0.3 is 0 Å². The van der Waals surface area contributed by atoms with E-state index in [1.807, 2.05) is 4.68 Å². The van der Waals surface area contributed by atoms with Gasteiger partial charge in [-0.2, -0.15) is 10.4 Å². The number of rotatable bonds is 3. The maximum atomic E-state index is 9.69. The number of fused-ring (bicyclic) bond motifs is 1. The van der Waals surface area contributed by atoms with E-state index >= 15 is 0 Å². The van der Waals surface area contributed by atoms with Crippen LogP contribution >= 0.6 is 11.3 Å². The first-order valence-corrected chi connectivity index (χ1v) is 9.17. The molecule has 0 amide bonds. The zero-order valence-corrected chi connectivity index (χ0v) is 14.4. The molecular formula is C19H18N4S. The molecule has 0 unspecified atom stereocenters. The fourth-order valence-electron chi connectivity index (χ4n) is 3.29. The van der Waals surface area contributed by atoms with E-state index in [9.17, 15) is 5.26 Å². The maximum Gasteiger partial charge on any atom is 0.164 e. The van der Waals surface area contributed by atoms with Crippen LogP contribution in [0.2, 0.25) is 0 Å². The smallest absolute Gasteiger partial charge is 0.164 e. The van der Waals surface area contributed by atoms with Crippen molar-refractivity contribution >= 4 is 11.3 Å². The largest absolute Gasteiger partial charge is 0.215 e. The number of aryl methyl sites for hydroxylation is 2. The minimum absolute atomic E-state index is 0.784. The molecule has 0 fully saturated rings. The summed E-state index contributed by atoms with van der Waals surface area (Å²) in [6.07, 6.45) is 7.04. The summed E-state index contributed by atoms with van der Waals surface area (Å²) < 4.78 is 1.84. The topological polar surface area (TPSA) is 54.5 Å². The monoisotopic (exact) mass is 334 g/mol. The van der Waals surface area contributed by atoms with Gasteiger partial charge in [-0.15, -0.1) is 11.3 Å². The molecule has 4 nitrogen and oxygen atoms in total. The first-order valence-electron chi connectivity index (χ1n) is 8.36. The van der Waals surface area contributed by atoms with E-state index in [4.69, 9.17) is 0 Å². The van der Waals surface area contributed by atoms with Crippen LogP contribution in [0.3, 0.4) is 0 Å². The molecule has 0 atom stereocenters. The molecule has 4 rings (SSSR count). The van der Waals surface area contributed by atoms with Crippen LogP contribution < -0.4 is 0 Å². The molecule has 120 valence electrons. The van der Waals surface area contributed by atoms with E-state index in [0.717, 1.165) is 41.2 Å². The van der Waals surface area contributed by atoms with Gasteiger partial charge in [0.15, 0.2) is 5.82 Å². The molecule has 0 aliphatic heterocycles. The van der Waals surface area contributed by atoms with Gasteiger partial charge in [-0.3, -0.25) is 0 Å². The number of nitriles is 1. The molecule has 0 radical (unpaired) electrons. The number of nitrogens with zero attached hydrogens (tertiary/aromatic N) is 4. The van der Waals surface area contributed by atoms with Crippen molar-refractivity contribution < 1.29 is 0 Å². The molecule has 0 bridgehead atoms. The second-order valence-electron chi connectivity index (χ2n) is 6.05. The summed E-state index contributed by atoms with van der Waals surface area (Å²) in [5, 5.41) is 15.0. The third kappa shape index (κ3) is 2.44. The van der Waals surface area contributed by atoms with Gasteiger partial charge in [-0.1, -0.05) is 31.2 Å². The van der Waals surface area contributed by atoms with E-state index < -0.39 is 0 Å². The van der Waals surface area contributed by atoms with Gasteiger partial charge in [0.2, 0.25) is 0 Å². The summed E-state index contributed by atoms with van der Waals surface area (Å²) in [7, 11) is 0. The lowest BCUT2D eigenvalue weighted by Gasteiger charge is -2.09. The van der Waals surface area contributed by atoms with E-state index in [1.54, 1.807) is 17.7 Å². The van der Waals surface area contributed by atoms with Crippen molar-refractivity contribution in [2.45, 2.75) is 39.0 Å². The summed E-state index contributed by atoms with van der Waals surface area (Å²) in [6, 6.07) is 10.8. The fourth-order valence-corrected chi connectivity index (χ4v) is 4.59. The Balaban J connectivity index is 1.83. The Morgan fingerprint density at radius 2 is 2.00 bits per heavy atom. The molecule has 0 saturated heterocycles. The van der Waals surface area contributed by atoms with Crippen molar-refractivity contribution in [3.8, 4) is 22.5 Å². The molecule has 3 aromatic rings. The second kappa shape index (κ2) is 6.21. The third-order valence-electron chi connectivity index (χ3n) is 4.63. The molecule has 1 aromatic carbocycles. The van der Waals surface area contributed by atoms with E-state index in [2.05, 4.69) is 47.3 Å². The molecule has 24 heavy (non-hydrogen) atoms. The highest BCUT2D eigenvalue weighted by molar-refractivity contribution is 7.15. The number of aromatic nitrogens is 3. The average Bonchev–Trinajstić information content (AvgIpc) is 3.25. The summed E-state index contributed by atoms with van der Waals surface area (Å²) in [4.78, 5) is 5.79. The number of benzene rings is 1. The average molecular weight is 334 g/mol. The van der Waals surface area contributed by atoms with Crippen molar-refractivity contribution in [2.24, 2.45) is 0 Å². The summed E-state index contributed by atoms with van der Waals surface area (Å²) in [5.74, 6) is 0.799. The maximum absolute atomic E-state index is 9.69. The second-order valence-corrected chi connectivity index (χ2v) is 7.13. The van der Waals surface area contributed by atoms with Gasteiger partial charge in [-0.25, -0.2) is 9.67 Å². The Kier molecular flexibility index (Phi) is 3.91. The first-order chi connectivity index (χ1) is 11.8. The number of thiophene rings is 1. The zero-order valence-electron chi connectivity index (χ0n) is 13.6. The molecule has 2 heterocycles. The van der Waals surface area contributed by atoms with E-state index in [0.29, 0.717) is 0 Å². The normalized spacial score (nSPS) is 13.5. The van der Waals surface area contributed by atoms with Crippen molar-refractivity contribution in [3.63, 3.8) is 0 Å². The lowest BCUT2D eigenvalue weighted by Crippen LogP contribution is -2.02. The van der Waals surface area contributed by atoms with Crippen LogP contribution in [-0.2, 0) is 19.3 Å². The highest BCUT2D eigenvalue weighted by Crippen LogP contribution is 2.37. The van der Waals surface area contributed by atoms with Gasteiger partial charge in [0.25, 0.3) is 0 Å². The van der Waals surface area contributed by atoms with Gasteiger partial charge in [0, 0.05) is 10.4 Å². The molecule has 2 aromatic heterocycles. The van der Waals surface area contributed by atoms with Crippen molar-refractivity contribution in [2.75, 3.05) is 0 Å². The Labute approximate surface area is 145 Å². The van der Waals surface area contributed by atoms with Crippen LogP contribution in [0, 0.1) is 11.3 Å². The van der Waals surface area contributed by atoms with Gasteiger partial charge >= 0.3 is 0 Å². The molecule has 1 aliphatic rings. The van der Waals surface area contributed by atoms with Crippen LogP contribution in [-0.4, -0.2) is 14.8 Å². The minimum atomic E-state index is 0.784. The third-order valence-corrected chi connectivity index (χ3v) is 5.89. The number of hydrogen-bond donors (Lipinski definition) is 0. The lowest BCUT2D eigenvalue weighted by molar-refractivity contribution is 0.695. The van der Waals surface area contributed by atoms with Crippen LogP contribution in [0.25, 0.3) is 16.4 Å². The van der Waals surface area contributed by atoms with E-state index in [1.165, 1.54) is 28.8 Å². The SMILES string of the molecule is CCc1ccc(-c2ncnn2-c2sc3c(c2C#N)CCCC3)cc1. The summed E-state index contributed by atoms with van der Waals surface area (Å²) >= 11 is 1.70. The van der Waals surface area contributed by atoms with Gasteiger partial charge in [0.1, 0.15) is 17.4 Å². The standard InChI is InChI=1S/C19H18N4S/c1-2-13-7-9-14(10-8-13)18-21-12-22-23(18)19-16(11-20)15-5-3-4-6-17(15)24-19/h7-10,12H,2-6H2,1H3. The predicted octanol–water partition coefficient (Wildman–Crippen LogP) is 4.31. The molecule has 5 heteroatoms. The lowest BCUT2D eigenvalue weighted by atomic mass is 9.96. The Hall–Kier alpha value is -2.45. The van der Waals surface area contributed by atoms with Crippen molar-refractivity contribution in [1.82, 2.24) is 14.8 Å². The number of hydrogen-bond acceptors (Lipinski definition) is 4. The first kappa shape index (κ1) is 15.1. The Bertz CT molecular complexity index is 912. The Morgan fingerprint density at radius 3 is 2.75 bits per heavy atom. The fraction of sp³-hybridized carbons (Fsp3) is 0.316. The molecule has 0 N–H and O–H groups in total. The molecule has 0 spiro atoms. The molecule has 1 aliphatic carbocycles. The highest BCUT2D eigenvalue weighted by atomic mass is 32.1. The van der Waals surface area contributed by atoms with Crippen molar-refractivity contribution in [1.29, 1.82) is 5.26 Å². The molecular weight excluding hydrogens is 316 g/mol. The minimum Gasteiger partial charge on any atom is -0.215 e. The predicted molar refractivity (Wildman–Crippen MR) is 95.4 cm³/mol. The van der Waals surface area contributed by atoms with Gasteiger partial charge in [-0.05, 0) is 43.2 Å². The summed E-state index contributed by atoms with van der Waals surface area (Å²) in [5.41, 5.74) is 4.34.